The molecule has 2 rings (SSSR count). The number of hydrogen-bond donors (Lipinski definition) is 0. The molecule has 1 aromatic heterocycles. The van der Waals surface area contributed by atoms with E-state index in [1.165, 1.54) is 0 Å². The van der Waals surface area contributed by atoms with Crippen molar-refractivity contribution in [2.24, 2.45) is 0 Å². The molecule has 0 radical (unpaired) electrons. The van der Waals surface area contributed by atoms with Crippen molar-refractivity contribution in [3.63, 3.8) is 0 Å². The van der Waals surface area contributed by atoms with E-state index < -0.39 is 0 Å². The molecule has 0 atom stereocenters. The molecule has 0 unspecified atom stereocenters. The minimum Gasteiger partial charge on any atom is -0.362 e. The Balaban J connectivity index is 2.27. The SMILES string of the molecule is C/C=C/CN(Cc1cccnc1)c1ccc(Cl)cc1Cl. The van der Waals surface area contributed by atoms with Gasteiger partial charge in [-0.3, -0.25) is 4.98 Å². The van der Waals surface area contributed by atoms with Crippen LogP contribution in [0.25, 0.3) is 0 Å². The first kappa shape index (κ1) is 14.9. The van der Waals surface area contributed by atoms with Gasteiger partial charge in [0, 0.05) is 30.5 Å². The van der Waals surface area contributed by atoms with E-state index in [0.29, 0.717) is 10.0 Å². The largest absolute Gasteiger partial charge is 0.362 e. The molecule has 0 saturated heterocycles. The summed E-state index contributed by atoms with van der Waals surface area (Å²) < 4.78 is 0. The highest BCUT2D eigenvalue weighted by molar-refractivity contribution is 6.36. The van der Waals surface area contributed by atoms with Crippen LogP contribution in [0, 0.1) is 0 Å². The van der Waals surface area contributed by atoms with E-state index in [0.717, 1.165) is 24.3 Å². The Morgan fingerprint density at radius 1 is 1.25 bits per heavy atom. The van der Waals surface area contributed by atoms with E-state index in [1.807, 2.05) is 37.4 Å². The molecule has 2 aromatic rings. The van der Waals surface area contributed by atoms with Crippen LogP contribution in [0.5, 0.6) is 0 Å². The second kappa shape index (κ2) is 7.32. The summed E-state index contributed by atoms with van der Waals surface area (Å²) in [7, 11) is 0. The Kier molecular flexibility index (Phi) is 5.45. The molecular weight excluding hydrogens is 291 g/mol. The molecule has 0 aliphatic carbocycles. The number of pyridine rings is 1. The summed E-state index contributed by atoms with van der Waals surface area (Å²) in [6, 6.07) is 9.57. The first-order chi connectivity index (χ1) is 9.70. The molecule has 0 saturated carbocycles. The van der Waals surface area contributed by atoms with E-state index in [4.69, 9.17) is 23.2 Å². The quantitative estimate of drug-likeness (QED) is 0.725. The van der Waals surface area contributed by atoms with Gasteiger partial charge in [0.25, 0.3) is 0 Å². The first-order valence-electron chi connectivity index (χ1n) is 6.40. The molecule has 20 heavy (non-hydrogen) atoms. The van der Waals surface area contributed by atoms with Crippen molar-refractivity contribution in [1.82, 2.24) is 4.98 Å². The predicted octanol–water partition coefficient (Wildman–Crippen LogP) is 4.97. The third-order valence-corrected chi connectivity index (χ3v) is 3.45. The Bertz CT molecular complexity index is 582. The zero-order valence-electron chi connectivity index (χ0n) is 11.3. The summed E-state index contributed by atoms with van der Waals surface area (Å²) >= 11 is 12.3. The van der Waals surface area contributed by atoms with Crippen molar-refractivity contribution in [2.45, 2.75) is 13.5 Å². The number of nitrogens with zero attached hydrogens (tertiary/aromatic N) is 2. The maximum absolute atomic E-state index is 6.30. The van der Waals surface area contributed by atoms with E-state index in [2.05, 4.69) is 22.0 Å². The van der Waals surface area contributed by atoms with Crippen LogP contribution in [0.1, 0.15) is 12.5 Å². The summed E-state index contributed by atoms with van der Waals surface area (Å²) in [6.07, 6.45) is 7.77. The highest BCUT2D eigenvalue weighted by Gasteiger charge is 2.10. The molecular formula is C16H16Cl2N2. The van der Waals surface area contributed by atoms with Crippen LogP contribution in [0.15, 0.2) is 54.9 Å². The van der Waals surface area contributed by atoms with E-state index in [1.54, 1.807) is 12.3 Å². The Hall–Kier alpha value is -1.51. The monoisotopic (exact) mass is 306 g/mol. The molecule has 2 nitrogen and oxygen atoms in total. The maximum Gasteiger partial charge on any atom is 0.0654 e. The van der Waals surface area contributed by atoms with Crippen LogP contribution in [-0.2, 0) is 6.54 Å². The zero-order chi connectivity index (χ0) is 14.4. The van der Waals surface area contributed by atoms with Gasteiger partial charge in [-0.15, -0.1) is 0 Å². The van der Waals surface area contributed by atoms with Crippen LogP contribution in [0.4, 0.5) is 5.69 Å². The normalized spacial score (nSPS) is 10.9. The molecule has 104 valence electrons. The van der Waals surface area contributed by atoms with Crippen molar-refractivity contribution in [3.8, 4) is 0 Å². The second-order valence-electron chi connectivity index (χ2n) is 4.41. The van der Waals surface area contributed by atoms with E-state index in [9.17, 15) is 0 Å². The topological polar surface area (TPSA) is 16.1 Å². The number of halogens is 2. The van der Waals surface area contributed by atoms with Gasteiger partial charge in [-0.05, 0) is 36.8 Å². The van der Waals surface area contributed by atoms with Crippen LogP contribution >= 0.6 is 23.2 Å². The summed E-state index contributed by atoms with van der Waals surface area (Å²) in [5, 5.41) is 1.30. The number of hydrogen-bond acceptors (Lipinski definition) is 2. The predicted molar refractivity (Wildman–Crippen MR) is 86.6 cm³/mol. The molecule has 0 spiro atoms. The van der Waals surface area contributed by atoms with Gasteiger partial charge in [-0.1, -0.05) is 41.4 Å². The van der Waals surface area contributed by atoms with Gasteiger partial charge in [0.15, 0.2) is 0 Å². The third-order valence-electron chi connectivity index (χ3n) is 2.91. The minimum absolute atomic E-state index is 0.645. The van der Waals surface area contributed by atoms with Crippen LogP contribution in [-0.4, -0.2) is 11.5 Å². The van der Waals surface area contributed by atoms with Gasteiger partial charge < -0.3 is 4.90 Å². The maximum atomic E-state index is 6.30. The van der Waals surface area contributed by atoms with Crippen molar-refractivity contribution in [3.05, 3.63) is 70.5 Å². The zero-order valence-corrected chi connectivity index (χ0v) is 12.8. The molecule has 0 amide bonds. The smallest absolute Gasteiger partial charge is 0.0654 e. The van der Waals surface area contributed by atoms with Crippen molar-refractivity contribution in [2.75, 3.05) is 11.4 Å². The highest BCUT2D eigenvalue weighted by Crippen LogP contribution is 2.29. The lowest BCUT2D eigenvalue weighted by Crippen LogP contribution is -2.23. The summed E-state index contributed by atoms with van der Waals surface area (Å²) in [5.41, 5.74) is 2.11. The van der Waals surface area contributed by atoms with Crippen LogP contribution in [0.2, 0.25) is 10.0 Å². The standard InChI is InChI=1S/C16H16Cl2N2/c1-2-3-9-20(12-13-5-4-8-19-11-13)16-7-6-14(17)10-15(16)18/h2-8,10-11H,9,12H2,1H3/b3-2+. The Labute approximate surface area is 129 Å². The lowest BCUT2D eigenvalue weighted by Gasteiger charge is -2.24. The molecule has 0 fully saturated rings. The third kappa shape index (κ3) is 3.99. The van der Waals surface area contributed by atoms with Gasteiger partial charge in [-0.2, -0.15) is 0 Å². The molecule has 1 heterocycles. The molecule has 0 N–H and O–H groups in total. The van der Waals surface area contributed by atoms with Gasteiger partial charge in [0.05, 0.1) is 10.7 Å². The fourth-order valence-electron chi connectivity index (χ4n) is 1.93. The number of benzene rings is 1. The average molecular weight is 307 g/mol. The lowest BCUT2D eigenvalue weighted by atomic mass is 10.2. The van der Waals surface area contributed by atoms with Gasteiger partial charge in [0.2, 0.25) is 0 Å². The first-order valence-corrected chi connectivity index (χ1v) is 7.16. The molecule has 4 heteroatoms. The minimum atomic E-state index is 0.645. The number of aromatic nitrogens is 1. The second-order valence-corrected chi connectivity index (χ2v) is 5.25. The summed E-state index contributed by atoms with van der Waals surface area (Å²) in [4.78, 5) is 6.34. The van der Waals surface area contributed by atoms with E-state index >= 15 is 0 Å². The molecule has 1 aromatic carbocycles. The van der Waals surface area contributed by atoms with Crippen molar-refractivity contribution < 1.29 is 0 Å². The van der Waals surface area contributed by atoms with Gasteiger partial charge >= 0.3 is 0 Å². The average Bonchev–Trinajstić information content (AvgIpc) is 2.45. The van der Waals surface area contributed by atoms with Crippen LogP contribution in [0.3, 0.4) is 0 Å². The number of rotatable bonds is 5. The Morgan fingerprint density at radius 3 is 2.75 bits per heavy atom. The number of allylic oxidation sites excluding steroid dienone is 1. The van der Waals surface area contributed by atoms with Crippen LogP contribution < -0.4 is 4.90 Å². The van der Waals surface area contributed by atoms with Gasteiger partial charge in [0.1, 0.15) is 0 Å². The lowest BCUT2D eigenvalue weighted by molar-refractivity contribution is 0.861. The van der Waals surface area contributed by atoms with Crippen molar-refractivity contribution >= 4 is 28.9 Å². The summed E-state index contributed by atoms with van der Waals surface area (Å²) in [5.74, 6) is 0. The fraction of sp³-hybridized carbons (Fsp3) is 0.188. The molecule has 0 bridgehead atoms. The highest BCUT2D eigenvalue weighted by atomic mass is 35.5. The summed E-state index contributed by atoms with van der Waals surface area (Å²) in [6.45, 7) is 3.54. The van der Waals surface area contributed by atoms with E-state index in [-0.39, 0.29) is 0 Å². The fourth-order valence-corrected chi connectivity index (χ4v) is 2.46. The van der Waals surface area contributed by atoms with Gasteiger partial charge in [-0.25, -0.2) is 0 Å². The Morgan fingerprint density at radius 2 is 2.10 bits per heavy atom. The van der Waals surface area contributed by atoms with Crippen molar-refractivity contribution in [1.29, 1.82) is 0 Å². The molecule has 0 aliphatic rings. The molecule has 0 aliphatic heterocycles. The number of anilines is 1.